The molecule has 0 fully saturated rings. The fraction of sp³-hybridized carbons (Fsp3) is 0.700. The molecule has 5 heteroatoms. The van der Waals surface area contributed by atoms with Gasteiger partial charge in [0.15, 0.2) is 14.9 Å². The number of carbonyl (C=O) groups is 1. The molecule has 0 aliphatic rings. The van der Waals surface area contributed by atoms with Gasteiger partial charge in [0.1, 0.15) is 11.5 Å². The van der Waals surface area contributed by atoms with Crippen molar-refractivity contribution >= 4 is 14.9 Å². The van der Waals surface area contributed by atoms with E-state index in [-0.39, 0.29) is 11.5 Å². The molecular formula is C10H20O4Si. The van der Waals surface area contributed by atoms with Crippen molar-refractivity contribution in [3.8, 4) is 0 Å². The highest BCUT2D eigenvalue weighted by Crippen LogP contribution is 2.18. The van der Waals surface area contributed by atoms with Gasteiger partial charge in [0.2, 0.25) is 0 Å². The molecule has 0 saturated carbocycles. The molecule has 0 amide bonds. The summed E-state index contributed by atoms with van der Waals surface area (Å²) in [5, 5.41) is 0.0441. The van der Waals surface area contributed by atoms with Crippen molar-refractivity contribution in [2.45, 2.75) is 25.4 Å². The van der Waals surface area contributed by atoms with Crippen LogP contribution in [-0.2, 0) is 19.0 Å². The molecular weight excluding hydrogens is 212 g/mol. The van der Waals surface area contributed by atoms with Crippen LogP contribution in [0.4, 0.5) is 0 Å². The Balaban J connectivity index is 4.78. The lowest BCUT2D eigenvalue weighted by Crippen LogP contribution is -2.53. The Bertz CT molecular complexity index is 236. The highest BCUT2D eigenvalue weighted by molar-refractivity contribution is 6.79. The maximum absolute atomic E-state index is 11.6. The Morgan fingerprint density at radius 2 is 1.80 bits per heavy atom. The highest BCUT2D eigenvalue weighted by atomic mass is 28.2. The van der Waals surface area contributed by atoms with E-state index in [4.69, 9.17) is 14.2 Å². The molecule has 0 N–H and O–H groups in total. The van der Waals surface area contributed by atoms with Gasteiger partial charge in [-0.25, -0.2) is 0 Å². The molecule has 0 radical (unpaired) electrons. The minimum absolute atomic E-state index is 0.0441. The number of hydrogen-bond donors (Lipinski definition) is 0. The standard InChI is InChI=1S/C10H20O4Si/c1-7(2)9(11)15-10(13-5,14-6)8(3)12-4/h8H,1,15H2,2-6H3. The van der Waals surface area contributed by atoms with E-state index in [9.17, 15) is 4.79 Å². The predicted octanol–water partition coefficient (Wildman–Crippen LogP) is 0.239. The van der Waals surface area contributed by atoms with Crippen LogP contribution in [0.1, 0.15) is 13.8 Å². The molecule has 0 saturated heterocycles. The van der Waals surface area contributed by atoms with Crippen LogP contribution in [0.5, 0.6) is 0 Å². The molecule has 0 aromatic carbocycles. The summed E-state index contributed by atoms with van der Waals surface area (Å²) < 4.78 is 15.8. The van der Waals surface area contributed by atoms with E-state index in [1.165, 1.54) is 14.2 Å². The normalized spacial score (nSPS) is 14.5. The zero-order valence-corrected chi connectivity index (χ0v) is 11.5. The first kappa shape index (κ1) is 14.5. The molecule has 0 rings (SSSR count). The Labute approximate surface area is 93.4 Å². The number of methoxy groups -OCH3 is 3. The van der Waals surface area contributed by atoms with Crippen LogP contribution in [0, 0.1) is 0 Å². The fourth-order valence-electron chi connectivity index (χ4n) is 1.26. The van der Waals surface area contributed by atoms with Crippen molar-refractivity contribution in [3.63, 3.8) is 0 Å². The molecule has 0 spiro atoms. The predicted molar refractivity (Wildman–Crippen MR) is 61.6 cm³/mol. The average molecular weight is 232 g/mol. The van der Waals surface area contributed by atoms with Crippen LogP contribution < -0.4 is 0 Å². The van der Waals surface area contributed by atoms with Gasteiger partial charge < -0.3 is 19.0 Å². The van der Waals surface area contributed by atoms with Crippen LogP contribution in [0.3, 0.4) is 0 Å². The average Bonchev–Trinajstić information content (AvgIpc) is 2.24. The summed E-state index contributed by atoms with van der Waals surface area (Å²) in [6.45, 7) is 7.15. The molecule has 0 bridgehead atoms. The summed E-state index contributed by atoms with van der Waals surface area (Å²) >= 11 is 0. The second-order valence-corrected chi connectivity index (χ2v) is 5.46. The van der Waals surface area contributed by atoms with Gasteiger partial charge in [0, 0.05) is 21.3 Å². The van der Waals surface area contributed by atoms with Gasteiger partial charge >= 0.3 is 0 Å². The molecule has 0 aliphatic carbocycles. The molecule has 15 heavy (non-hydrogen) atoms. The van der Waals surface area contributed by atoms with Crippen molar-refractivity contribution in [2.24, 2.45) is 0 Å². The molecule has 4 nitrogen and oxygen atoms in total. The zero-order chi connectivity index (χ0) is 12.1. The molecule has 0 heterocycles. The van der Waals surface area contributed by atoms with Crippen LogP contribution in [-0.4, -0.2) is 47.8 Å². The number of allylic oxidation sites excluding steroid dienone is 1. The van der Waals surface area contributed by atoms with Gasteiger partial charge in [0.05, 0.1) is 0 Å². The van der Waals surface area contributed by atoms with Crippen LogP contribution in [0.15, 0.2) is 12.2 Å². The molecule has 0 aromatic heterocycles. The third-order valence-corrected chi connectivity index (χ3v) is 5.12. The van der Waals surface area contributed by atoms with E-state index < -0.39 is 14.9 Å². The first-order valence-corrected chi connectivity index (χ1v) is 6.16. The zero-order valence-electron chi connectivity index (χ0n) is 10.1. The first-order chi connectivity index (χ1) is 6.93. The molecule has 0 aliphatic heterocycles. The smallest absolute Gasteiger partial charge is 0.181 e. The second kappa shape index (κ2) is 6.17. The summed E-state index contributed by atoms with van der Waals surface area (Å²) in [6.07, 6.45) is -0.275. The molecule has 0 aromatic rings. The lowest BCUT2D eigenvalue weighted by Gasteiger charge is -2.34. The summed E-state index contributed by atoms with van der Waals surface area (Å²) in [7, 11) is 3.35. The van der Waals surface area contributed by atoms with E-state index in [1.807, 2.05) is 6.92 Å². The van der Waals surface area contributed by atoms with Crippen LogP contribution in [0.2, 0.25) is 0 Å². The number of ether oxygens (including phenoxy) is 3. The van der Waals surface area contributed by atoms with E-state index >= 15 is 0 Å². The molecule has 1 atom stereocenters. The fourth-order valence-corrected chi connectivity index (χ4v) is 2.75. The first-order valence-electron chi connectivity index (χ1n) is 4.75. The second-order valence-electron chi connectivity index (χ2n) is 3.48. The lowest BCUT2D eigenvalue weighted by atomic mass is 10.4. The van der Waals surface area contributed by atoms with E-state index in [2.05, 4.69) is 6.58 Å². The maximum atomic E-state index is 11.6. The Morgan fingerprint density at radius 3 is 2.07 bits per heavy atom. The topological polar surface area (TPSA) is 44.8 Å². The summed E-state index contributed by atoms with van der Waals surface area (Å²) in [6, 6.07) is 0. The van der Waals surface area contributed by atoms with Gasteiger partial charge in [-0.3, -0.25) is 0 Å². The minimum Gasteiger partial charge on any atom is -0.377 e. The van der Waals surface area contributed by atoms with Crippen LogP contribution >= 0.6 is 0 Å². The quantitative estimate of drug-likeness (QED) is 0.358. The van der Waals surface area contributed by atoms with Gasteiger partial charge in [-0.1, -0.05) is 6.58 Å². The summed E-state index contributed by atoms with van der Waals surface area (Å²) in [4.78, 5) is 11.6. The van der Waals surface area contributed by atoms with Crippen molar-refractivity contribution in [1.82, 2.24) is 0 Å². The molecule has 88 valence electrons. The van der Waals surface area contributed by atoms with Gasteiger partial charge in [-0.05, 0) is 19.4 Å². The SMILES string of the molecule is C=C(C)C(=O)[SiH2]C(OC)(OC)C(C)OC. The number of carbonyl (C=O) groups excluding carboxylic acids is 1. The maximum Gasteiger partial charge on any atom is 0.181 e. The Morgan fingerprint density at radius 1 is 1.33 bits per heavy atom. The Kier molecular flexibility index (Phi) is 5.97. The van der Waals surface area contributed by atoms with Gasteiger partial charge in [-0.2, -0.15) is 0 Å². The van der Waals surface area contributed by atoms with Crippen molar-refractivity contribution in [2.75, 3.05) is 21.3 Å². The van der Waals surface area contributed by atoms with E-state index in [0.29, 0.717) is 5.57 Å². The highest BCUT2D eigenvalue weighted by Gasteiger charge is 2.39. The lowest BCUT2D eigenvalue weighted by molar-refractivity contribution is -0.205. The monoisotopic (exact) mass is 232 g/mol. The third-order valence-electron chi connectivity index (χ3n) is 2.55. The molecule has 1 unspecified atom stereocenters. The van der Waals surface area contributed by atoms with Crippen molar-refractivity contribution in [3.05, 3.63) is 12.2 Å². The number of rotatable bonds is 7. The number of hydrogen-bond acceptors (Lipinski definition) is 4. The van der Waals surface area contributed by atoms with Crippen LogP contribution in [0.25, 0.3) is 0 Å². The van der Waals surface area contributed by atoms with Gasteiger partial charge in [0.25, 0.3) is 0 Å². The van der Waals surface area contributed by atoms with Crippen molar-refractivity contribution in [1.29, 1.82) is 0 Å². The summed E-state index contributed by atoms with van der Waals surface area (Å²) in [5.74, 6) is 0. The van der Waals surface area contributed by atoms with E-state index in [0.717, 1.165) is 0 Å². The Hall–Kier alpha value is -0.493. The van der Waals surface area contributed by atoms with Gasteiger partial charge in [-0.15, -0.1) is 0 Å². The third kappa shape index (κ3) is 3.53. The largest absolute Gasteiger partial charge is 0.377 e. The summed E-state index contributed by atoms with van der Waals surface area (Å²) in [5.41, 5.74) is -0.353. The van der Waals surface area contributed by atoms with Crippen molar-refractivity contribution < 1.29 is 19.0 Å². The van der Waals surface area contributed by atoms with E-state index in [1.54, 1.807) is 14.0 Å². The minimum atomic E-state index is -1.27.